The third-order valence-corrected chi connectivity index (χ3v) is 8.99. The Bertz CT molecular complexity index is 1380. The van der Waals surface area contributed by atoms with Crippen molar-refractivity contribution in [3.05, 3.63) is 35.9 Å². The zero-order valence-electron chi connectivity index (χ0n) is 29.1. The smallest absolute Gasteiger partial charge is 0.384 e. The van der Waals surface area contributed by atoms with Crippen LogP contribution in [0.3, 0.4) is 0 Å². The fourth-order valence-electron chi connectivity index (χ4n) is 5.50. The van der Waals surface area contributed by atoms with Gasteiger partial charge in [-0.3, -0.25) is 4.79 Å². The van der Waals surface area contributed by atoms with Gasteiger partial charge >= 0.3 is 42.0 Å². The lowest BCUT2D eigenvalue weighted by molar-refractivity contribution is -0.414. The van der Waals surface area contributed by atoms with Gasteiger partial charge in [0.1, 0.15) is 11.9 Å². The minimum atomic E-state index is -7.63. The van der Waals surface area contributed by atoms with E-state index >= 15 is 0 Å². The summed E-state index contributed by atoms with van der Waals surface area (Å²) in [5, 5.41) is 3.16. The third-order valence-electron chi connectivity index (χ3n) is 8.99. The Morgan fingerprint density at radius 2 is 1.29 bits per heavy atom. The number of hydrogen-bond acceptors (Lipinski definition) is 4. The van der Waals surface area contributed by atoms with Crippen LogP contribution in [-0.2, 0) is 14.3 Å². The van der Waals surface area contributed by atoms with Crippen LogP contribution in [0.5, 0.6) is 5.75 Å². The van der Waals surface area contributed by atoms with Gasteiger partial charge in [-0.25, -0.2) is 13.6 Å². The highest BCUT2D eigenvalue weighted by Gasteiger charge is 2.87. The van der Waals surface area contributed by atoms with Gasteiger partial charge in [0.05, 0.1) is 5.41 Å². The summed E-state index contributed by atoms with van der Waals surface area (Å²) in [7, 11) is 0. The molecule has 17 heteroatoms. The van der Waals surface area contributed by atoms with Gasteiger partial charge < -0.3 is 14.8 Å². The van der Waals surface area contributed by atoms with Crippen LogP contribution in [0.1, 0.15) is 86.1 Å². The predicted octanol–water partition coefficient (Wildman–Crippen LogP) is 9.98. The quantitative estimate of drug-likeness (QED) is 0.117. The lowest BCUT2D eigenvalue weighted by Gasteiger charge is -2.45. The van der Waals surface area contributed by atoms with Crippen molar-refractivity contribution < 1.29 is 71.7 Å². The summed E-state index contributed by atoms with van der Waals surface area (Å²) in [6, 6.07) is 3.78. The summed E-state index contributed by atoms with van der Waals surface area (Å²) < 4.78 is 170. The molecule has 2 rings (SSSR count). The lowest BCUT2D eigenvalue weighted by atomic mass is 9.60. The molecule has 0 aliphatic heterocycles. The van der Waals surface area contributed by atoms with E-state index in [1.807, 2.05) is 27.7 Å². The van der Waals surface area contributed by atoms with Crippen LogP contribution in [0, 0.1) is 16.2 Å². The van der Waals surface area contributed by atoms with E-state index in [1.165, 1.54) is 6.08 Å². The number of benzene rings is 1. The number of carbonyl (C=O) groups is 2. The standard InChI is InChI=1S/C34H43F12NO4/c1-27(2,3)18-29(7,28(4,5)6)26(49)47-21-11-15-23(16-12-21)51-24(48)17-10-20-8-13-22(14-9-20)50-19-30(37,38)32(41,42)34(45,46)33(43,44)31(39,40)25(35)36/h8-10,13-14,17,21,23,25H,11-12,15-16,18-19H2,1-7H3,(H,47,49)/b17-10+/t21?,23?,29-/m1/s1. The van der Waals surface area contributed by atoms with Crippen molar-refractivity contribution in [3.8, 4) is 5.75 Å². The molecule has 1 atom stereocenters. The van der Waals surface area contributed by atoms with Gasteiger partial charge in [-0.1, -0.05) is 60.6 Å². The van der Waals surface area contributed by atoms with Crippen LogP contribution in [0.25, 0.3) is 6.08 Å². The Balaban J connectivity index is 1.95. The number of alkyl halides is 12. The molecule has 0 saturated heterocycles. The molecule has 51 heavy (non-hydrogen) atoms. The van der Waals surface area contributed by atoms with Crippen LogP contribution >= 0.6 is 0 Å². The number of carbonyl (C=O) groups excluding carboxylic acids is 2. The first-order chi connectivity index (χ1) is 22.8. The average molecular weight is 758 g/mol. The summed E-state index contributed by atoms with van der Waals surface area (Å²) in [5.74, 6) is -37.3. The Labute approximate surface area is 288 Å². The lowest BCUT2D eigenvalue weighted by Crippen LogP contribution is -2.69. The van der Waals surface area contributed by atoms with Gasteiger partial charge in [0.2, 0.25) is 5.91 Å². The fraction of sp³-hybridized carbons (Fsp3) is 0.706. The first-order valence-corrected chi connectivity index (χ1v) is 15.9. The van der Waals surface area contributed by atoms with Crippen LogP contribution in [0.4, 0.5) is 52.7 Å². The summed E-state index contributed by atoms with van der Waals surface area (Å²) in [5.41, 5.74) is -0.821. The Kier molecular flexibility index (Phi) is 13.0. The molecule has 0 aromatic heterocycles. The molecule has 1 aliphatic rings. The maximum Gasteiger partial charge on any atom is 0.384 e. The summed E-state index contributed by atoms with van der Waals surface area (Å²) in [4.78, 5) is 25.8. The van der Waals surface area contributed by atoms with Crippen LogP contribution in [0.15, 0.2) is 30.3 Å². The van der Waals surface area contributed by atoms with Gasteiger partial charge in [-0.05, 0) is 66.7 Å². The molecule has 1 N–H and O–H groups in total. The van der Waals surface area contributed by atoms with Crippen molar-refractivity contribution in [2.24, 2.45) is 16.2 Å². The second-order valence-electron chi connectivity index (χ2n) is 15.2. The zero-order valence-corrected chi connectivity index (χ0v) is 29.1. The summed E-state index contributed by atoms with van der Waals surface area (Å²) in [6.07, 6.45) is -1.02. The third kappa shape index (κ3) is 9.65. The van der Waals surface area contributed by atoms with Crippen molar-refractivity contribution >= 4 is 18.0 Å². The van der Waals surface area contributed by atoms with E-state index in [2.05, 4.69) is 30.8 Å². The van der Waals surface area contributed by atoms with E-state index in [1.54, 1.807) is 0 Å². The molecule has 1 saturated carbocycles. The van der Waals surface area contributed by atoms with Gasteiger partial charge in [0, 0.05) is 12.1 Å². The van der Waals surface area contributed by atoms with E-state index in [-0.39, 0.29) is 28.3 Å². The van der Waals surface area contributed by atoms with Crippen molar-refractivity contribution in [2.75, 3.05) is 6.61 Å². The molecule has 292 valence electrons. The highest BCUT2D eigenvalue weighted by molar-refractivity contribution is 5.87. The van der Waals surface area contributed by atoms with Gasteiger partial charge in [-0.2, -0.15) is 43.9 Å². The zero-order chi connectivity index (χ0) is 39.6. The van der Waals surface area contributed by atoms with Crippen molar-refractivity contribution in [1.29, 1.82) is 0 Å². The second kappa shape index (κ2) is 15.1. The monoisotopic (exact) mass is 757 g/mol. The van der Waals surface area contributed by atoms with Crippen molar-refractivity contribution in [3.63, 3.8) is 0 Å². The first-order valence-electron chi connectivity index (χ1n) is 15.9. The molecule has 0 bridgehead atoms. The predicted molar refractivity (Wildman–Crippen MR) is 164 cm³/mol. The van der Waals surface area contributed by atoms with Gasteiger partial charge in [0.15, 0.2) is 6.61 Å². The second-order valence-corrected chi connectivity index (χ2v) is 15.2. The molecule has 5 nitrogen and oxygen atoms in total. The molecule has 1 aliphatic carbocycles. The average Bonchev–Trinajstić information content (AvgIpc) is 2.98. The fourth-order valence-corrected chi connectivity index (χ4v) is 5.50. The van der Waals surface area contributed by atoms with E-state index < -0.39 is 65.9 Å². The molecule has 0 radical (unpaired) electrons. The maximum atomic E-state index is 14.0. The van der Waals surface area contributed by atoms with Gasteiger partial charge in [0.25, 0.3) is 0 Å². The number of nitrogens with one attached hydrogen (secondary N) is 1. The number of rotatable bonds is 14. The Morgan fingerprint density at radius 3 is 1.75 bits per heavy atom. The summed E-state index contributed by atoms with van der Waals surface area (Å²) in [6.45, 7) is 11.5. The topological polar surface area (TPSA) is 64.6 Å². The number of hydrogen-bond donors (Lipinski definition) is 1. The maximum absolute atomic E-state index is 14.0. The molecule has 1 aromatic carbocycles. The molecule has 1 amide bonds. The highest BCUT2D eigenvalue weighted by Crippen LogP contribution is 2.58. The number of ether oxygens (including phenoxy) is 2. The van der Waals surface area contributed by atoms with Crippen LogP contribution < -0.4 is 10.1 Å². The molecule has 0 heterocycles. The number of esters is 1. The van der Waals surface area contributed by atoms with E-state index in [9.17, 15) is 62.3 Å². The number of amides is 1. The van der Waals surface area contributed by atoms with Crippen molar-refractivity contribution in [2.45, 2.75) is 129 Å². The first kappa shape index (κ1) is 44.0. The van der Waals surface area contributed by atoms with E-state index in [4.69, 9.17) is 4.74 Å². The number of halogens is 12. The Morgan fingerprint density at radius 1 is 0.784 bits per heavy atom. The molecule has 1 aromatic rings. The molecule has 0 spiro atoms. The molecule has 0 unspecified atom stereocenters. The molecular formula is C34H43F12NO4. The minimum absolute atomic E-state index is 0.0440. The van der Waals surface area contributed by atoms with Gasteiger partial charge in [-0.15, -0.1) is 0 Å². The van der Waals surface area contributed by atoms with E-state index in [0.717, 1.165) is 30.3 Å². The molecular weight excluding hydrogens is 714 g/mol. The summed E-state index contributed by atoms with van der Waals surface area (Å²) >= 11 is 0. The Hall–Kier alpha value is -3.14. The largest absolute Gasteiger partial charge is 0.487 e. The van der Waals surface area contributed by atoms with E-state index in [0.29, 0.717) is 32.1 Å². The SMILES string of the molecule is CC(C)(C)C[C@](C)(C(=O)NC1CCC(OC(=O)/C=C/c2ccc(OCC(F)(F)C(F)(F)C(F)(F)C(F)(F)C(F)(F)C(F)F)cc2)CC1)C(C)(C)C. The van der Waals surface area contributed by atoms with Crippen molar-refractivity contribution in [1.82, 2.24) is 5.32 Å². The normalized spacial score (nSPS) is 19.9. The minimum Gasteiger partial charge on any atom is -0.487 e. The highest BCUT2D eigenvalue weighted by atomic mass is 19.4. The van der Waals surface area contributed by atoms with Crippen LogP contribution in [0.2, 0.25) is 0 Å². The molecule has 1 fully saturated rings. The van der Waals surface area contributed by atoms with Crippen LogP contribution in [-0.4, -0.2) is 66.7 Å².